The van der Waals surface area contributed by atoms with Gasteiger partial charge in [0.15, 0.2) is 0 Å². The van der Waals surface area contributed by atoms with Crippen molar-refractivity contribution in [2.45, 2.75) is 19.1 Å². The SMILES string of the molecule is CC(NN(C)C)c1ccc(C(F)(F)F)cn1. The molecule has 1 atom stereocenters. The van der Waals surface area contributed by atoms with Crippen LogP contribution in [0.5, 0.6) is 0 Å². The number of hydrogen-bond donors (Lipinski definition) is 1. The van der Waals surface area contributed by atoms with Crippen LogP contribution >= 0.6 is 0 Å². The second-order valence-corrected chi connectivity index (χ2v) is 3.71. The van der Waals surface area contributed by atoms with Crippen molar-refractivity contribution in [3.63, 3.8) is 0 Å². The third-order valence-corrected chi connectivity index (χ3v) is 2.01. The van der Waals surface area contributed by atoms with E-state index in [1.807, 2.05) is 6.92 Å². The zero-order valence-electron chi connectivity index (χ0n) is 9.34. The van der Waals surface area contributed by atoms with E-state index in [0.29, 0.717) is 5.69 Å². The van der Waals surface area contributed by atoms with E-state index < -0.39 is 11.7 Å². The zero-order valence-corrected chi connectivity index (χ0v) is 9.34. The van der Waals surface area contributed by atoms with Crippen molar-refractivity contribution >= 4 is 0 Å². The molecule has 0 fully saturated rings. The van der Waals surface area contributed by atoms with Gasteiger partial charge in [0, 0.05) is 20.3 Å². The molecule has 1 N–H and O–H groups in total. The van der Waals surface area contributed by atoms with Crippen molar-refractivity contribution in [1.29, 1.82) is 0 Å². The molecule has 0 aliphatic carbocycles. The van der Waals surface area contributed by atoms with Crippen LogP contribution in [0.1, 0.15) is 24.2 Å². The Balaban J connectivity index is 2.79. The molecule has 0 bridgehead atoms. The number of alkyl halides is 3. The first kappa shape index (κ1) is 12.9. The van der Waals surface area contributed by atoms with Gasteiger partial charge in [-0.2, -0.15) is 13.2 Å². The van der Waals surface area contributed by atoms with Crippen LogP contribution in [-0.2, 0) is 6.18 Å². The van der Waals surface area contributed by atoms with Gasteiger partial charge in [-0.05, 0) is 19.1 Å². The van der Waals surface area contributed by atoms with Gasteiger partial charge in [0.05, 0.1) is 17.3 Å². The number of aromatic nitrogens is 1. The molecule has 0 spiro atoms. The topological polar surface area (TPSA) is 28.2 Å². The summed E-state index contributed by atoms with van der Waals surface area (Å²) in [7, 11) is 3.61. The predicted molar refractivity (Wildman–Crippen MR) is 54.5 cm³/mol. The van der Waals surface area contributed by atoms with E-state index in [9.17, 15) is 13.2 Å². The smallest absolute Gasteiger partial charge is 0.259 e. The van der Waals surface area contributed by atoms with Gasteiger partial charge in [-0.1, -0.05) is 0 Å². The maximum atomic E-state index is 12.3. The zero-order chi connectivity index (χ0) is 12.3. The normalized spacial score (nSPS) is 14.2. The van der Waals surface area contributed by atoms with Crippen LogP contribution in [-0.4, -0.2) is 24.1 Å². The van der Waals surface area contributed by atoms with E-state index in [-0.39, 0.29) is 6.04 Å². The quantitative estimate of drug-likeness (QED) is 0.811. The molecule has 0 radical (unpaired) electrons. The van der Waals surface area contributed by atoms with Crippen molar-refractivity contribution in [2.75, 3.05) is 14.1 Å². The highest BCUT2D eigenvalue weighted by molar-refractivity contribution is 5.18. The number of rotatable bonds is 3. The van der Waals surface area contributed by atoms with Gasteiger partial charge in [-0.25, -0.2) is 10.4 Å². The molecule has 0 amide bonds. The van der Waals surface area contributed by atoms with Crippen LogP contribution in [0.2, 0.25) is 0 Å². The van der Waals surface area contributed by atoms with Gasteiger partial charge >= 0.3 is 6.18 Å². The van der Waals surface area contributed by atoms with E-state index in [1.165, 1.54) is 6.07 Å². The van der Waals surface area contributed by atoms with Crippen molar-refractivity contribution in [3.05, 3.63) is 29.6 Å². The number of hydrogen-bond acceptors (Lipinski definition) is 3. The highest BCUT2D eigenvalue weighted by Crippen LogP contribution is 2.28. The standard InChI is InChI=1S/C10H14F3N3/c1-7(15-16(2)3)9-5-4-8(6-14-9)10(11,12)13/h4-7,15H,1-3H3. The van der Waals surface area contributed by atoms with Crippen molar-refractivity contribution in [1.82, 2.24) is 15.4 Å². The maximum absolute atomic E-state index is 12.3. The Morgan fingerprint density at radius 3 is 2.31 bits per heavy atom. The lowest BCUT2D eigenvalue weighted by atomic mass is 10.2. The molecule has 1 aromatic heterocycles. The second kappa shape index (κ2) is 4.80. The minimum atomic E-state index is -4.33. The molecular weight excluding hydrogens is 219 g/mol. The fourth-order valence-electron chi connectivity index (χ4n) is 1.28. The molecule has 1 unspecified atom stereocenters. The second-order valence-electron chi connectivity index (χ2n) is 3.71. The summed E-state index contributed by atoms with van der Waals surface area (Å²) in [6, 6.07) is 2.29. The highest BCUT2D eigenvalue weighted by Gasteiger charge is 2.30. The average Bonchev–Trinajstić information content (AvgIpc) is 2.15. The van der Waals surface area contributed by atoms with Crippen LogP contribution in [0.3, 0.4) is 0 Å². The average molecular weight is 233 g/mol. The maximum Gasteiger partial charge on any atom is 0.417 e. The van der Waals surface area contributed by atoms with E-state index in [1.54, 1.807) is 19.1 Å². The van der Waals surface area contributed by atoms with Crippen molar-refractivity contribution < 1.29 is 13.2 Å². The Morgan fingerprint density at radius 1 is 1.31 bits per heavy atom. The van der Waals surface area contributed by atoms with Gasteiger partial charge in [-0.15, -0.1) is 0 Å². The molecule has 90 valence electrons. The van der Waals surface area contributed by atoms with Crippen LogP contribution in [0.4, 0.5) is 13.2 Å². The molecule has 0 saturated heterocycles. The number of hydrazine groups is 1. The number of nitrogens with one attached hydrogen (secondary N) is 1. The molecule has 6 heteroatoms. The first-order valence-corrected chi connectivity index (χ1v) is 4.77. The third-order valence-electron chi connectivity index (χ3n) is 2.01. The lowest BCUT2D eigenvalue weighted by Crippen LogP contribution is -2.33. The van der Waals surface area contributed by atoms with Crippen LogP contribution in [0.25, 0.3) is 0 Å². The third kappa shape index (κ3) is 3.46. The minimum Gasteiger partial charge on any atom is -0.259 e. The Morgan fingerprint density at radius 2 is 1.94 bits per heavy atom. The van der Waals surface area contributed by atoms with Crippen molar-refractivity contribution in [2.24, 2.45) is 0 Å². The summed E-state index contributed by atoms with van der Waals surface area (Å²) in [5.74, 6) is 0. The highest BCUT2D eigenvalue weighted by atomic mass is 19.4. The number of halogens is 3. The Kier molecular flexibility index (Phi) is 3.88. The molecule has 0 aliphatic heterocycles. The molecule has 1 heterocycles. The number of pyridine rings is 1. The molecule has 0 saturated carbocycles. The summed E-state index contributed by atoms with van der Waals surface area (Å²) in [6.45, 7) is 1.83. The lowest BCUT2D eigenvalue weighted by Gasteiger charge is -2.19. The van der Waals surface area contributed by atoms with Crippen LogP contribution in [0.15, 0.2) is 18.3 Å². The molecule has 0 aromatic carbocycles. The van der Waals surface area contributed by atoms with Gasteiger partial charge in [0.2, 0.25) is 0 Å². The molecule has 3 nitrogen and oxygen atoms in total. The largest absolute Gasteiger partial charge is 0.417 e. The fourth-order valence-corrected chi connectivity index (χ4v) is 1.28. The summed E-state index contributed by atoms with van der Waals surface area (Å²) in [5.41, 5.74) is 2.85. The summed E-state index contributed by atoms with van der Waals surface area (Å²) in [5, 5.41) is 1.73. The summed E-state index contributed by atoms with van der Waals surface area (Å²) < 4.78 is 36.8. The van der Waals surface area contributed by atoms with Gasteiger partial charge in [0.25, 0.3) is 0 Å². The predicted octanol–water partition coefficient (Wildman–Crippen LogP) is 2.23. The summed E-state index contributed by atoms with van der Waals surface area (Å²) in [6.07, 6.45) is -3.48. The minimum absolute atomic E-state index is 0.128. The fraction of sp³-hybridized carbons (Fsp3) is 0.500. The monoisotopic (exact) mass is 233 g/mol. The van der Waals surface area contributed by atoms with Gasteiger partial charge < -0.3 is 0 Å². The molecule has 0 aliphatic rings. The van der Waals surface area contributed by atoms with Gasteiger partial charge in [-0.3, -0.25) is 4.98 Å². The van der Waals surface area contributed by atoms with Crippen molar-refractivity contribution in [3.8, 4) is 0 Å². The van der Waals surface area contributed by atoms with Crippen LogP contribution < -0.4 is 5.43 Å². The lowest BCUT2D eigenvalue weighted by molar-refractivity contribution is -0.137. The first-order chi connectivity index (χ1) is 7.30. The Labute approximate surface area is 92.3 Å². The van der Waals surface area contributed by atoms with E-state index in [2.05, 4.69) is 10.4 Å². The van der Waals surface area contributed by atoms with Crippen LogP contribution in [0, 0.1) is 0 Å². The number of nitrogens with zero attached hydrogens (tertiary/aromatic N) is 2. The Bertz CT molecular complexity index is 332. The molecule has 16 heavy (non-hydrogen) atoms. The first-order valence-electron chi connectivity index (χ1n) is 4.77. The van der Waals surface area contributed by atoms with E-state index in [4.69, 9.17) is 0 Å². The molecular formula is C10H14F3N3. The Hall–Kier alpha value is -1.14. The van der Waals surface area contributed by atoms with Gasteiger partial charge in [0.1, 0.15) is 0 Å². The summed E-state index contributed by atoms with van der Waals surface area (Å²) in [4.78, 5) is 3.79. The van der Waals surface area contributed by atoms with E-state index >= 15 is 0 Å². The summed E-state index contributed by atoms with van der Waals surface area (Å²) >= 11 is 0. The molecule has 1 aromatic rings. The molecule has 1 rings (SSSR count). The van der Waals surface area contributed by atoms with E-state index in [0.717, 1.165) is 12.3 Å².